The van der Waals surface area contributed by atoms with Crippen LogP contribution in [0.1, 0.15) is 48.3 Å². The van der Waals surface area contributed by atoms with Gasteiger partial charge in [0.15, 0.2) is 23.5 Å². The highest BCUT2D eigenvalue weighted by atomic mass is 32.2. The minimum atomic E-state index is -4.75. The second-order valence-corrected chi connectivity index (χ2v) is 10.9. The lowest BCUT2D eigenvalue weighted by molar-refractivity contribution is -0.151. The first kappa shape index (κ1) is 34.5. The Labute approximate surface area is 272 Å². The standard InChI is InChI=1S/C30H27F5N6O6S/c1-2-9-45-18-7-8-19(21(12-18)30(33,34)35)27-36-13-17(14-37-27)26(29(42)46-10-4-11-47-48(43)44)41-16-24-23(15-38-41)39-28(40-24)20-5-3-6-22(31)25(20)32/h3,5-8,12-15,26H,2,4,9-11,16H2,1H3,(H,39,40)(H,43,44). The summed E-state index contributed by atoms with van der Waals surface area (Å²) in [6.45, 7) is 1.53. The van der Waals surface area contributed by atoms with Crippen molar-refractivity contribution in [1.82, 2.24) is 24.9 Å². The molecule has 2 aromatic carbocycles. The lowest BCUT2D eigenvalue weighted by Crippen LogP contribution is -2.34. The van der Waals surface area contributed by atoms with Gasteiger partial charge in [-0.2, -0.15) is 22.5 Å². The van der Waals surface area contributed by atoms with E-state index in [9.17, 15) is 31.0 Å². The molecule has 4 aromatic rings. The van der Waals surface area contributed by atoms with Gasteiger partial charge in [0.1, 0.15) is 17.3 Å². The lowest BCUT2D eigenvalue weighted by Gasteiger charge is -2.29. The number of ether oxygens (including phenoxy) is 2. The summed E-state index contributed by atoms with van der Waals surface area (Å²) in [7, 11) is 0. The van der Waals surface area contributed by atoms with E-state index in [1.54, 1.807) is 0 Å². The summed E-state index contributed by atoms with van der Waals surface area (Å²) < 4.78 is 105. The summed E-state index contributed by atoms with van der Waals surface area (Å²) in [6.07, 6.45) is -0.467. The van der Waals surface area contributed by atoms with Crippen LogP contribution in [0.15, 0.2) is 53.9 Å². The Hall–Kier alpha value is -4.81. The number of alkyl halides is 3. The minimum absolute atomic E-state index is 0.0185. The number of fused-ring (bicyclic) bond motifs is 1. The molecule has 254 valence electrons. The average molecular weight is 695 g/mol. The summed E-state index contributed by atoms with van der Waals surface area (Å²) in [6, 6.07) is 5.73. The number of rotatable bonds is 13. The number of benzene rings is 2. The van der Waals surface area contributed by atoms with Gasteiger partial charge in [-0.25, -0.2) is 28.5 Å². The molecular weight excluding hydrogens is 667 g/mol. The second-order valence-electron chi connectivity index (χ2n) is 10.2. The number of halogens is 5. The average Bonchev–Trinajstić information content (AvgIpc) is 3.48. The van der Waals surface area contributed by atoms with Crippen LogP contribution in [0.25, 0.3) is 22.8 Å². The van der Waals surface area contributed by atoms with E-state index in [0.717, 1.165) is 12.1 Å². The zero-order valence-electron chi connectivity index (χ0n) is 25.0. The molecule has 18 heteroatoms. The smallest absolute Gasteiger partial charge is 0.417 e. The highest BCUT2D eigenvalue weighted by Crippen LogP contribution is 2.38. The molecule has 2 aromatic heterocycles. The van der Waals surface area contributed by atoms with Crippen LogP contribution in [0.2, 0.25) is 0 Å². The van der Waals surface area contributed by atoms with Gasteiger partial charge in [-0.1, -0.05) is 13.0 Å². The van der Waals surface area contributed by atoms with Gasteiger partial charge in [0.05, 0.1) is 49.4 Å². The highest BCUT2D eigenvalue weighted by molar-refractivity contribution is 7.74. The summed E-state index contributed by atoms with van der Waals surface area (Å²) in [5.74, 6) is -3.25. The third kappa shape index (κ3) is 8.00. The van der Waals surface area contributed by atoms with Gasteiger partial charge in [-0.05, 0) is 36.8 Å². The van der Waals surface area contributed by atoms with Gasteiger partial charge in [0, 0.05) is 29.9 Å². The number of aromatic amines is 1. The molecular formula is C30H27F5N6O6S. The lowest BCUT2D eigenvalue weighted by atomic mass is 10.0. The predicted molar refractivity (Wildman–Crippen MR) is 160 cm³/mol. The van der Waals surface area contributed by atoms with E-state index >= 15 is 0 Å². The van der Waals surface area contributed by atoms with Crippen molar-refractivity contribution in [2.24, 2.45) is 5.10 Å². The van der Waals surface area contributed by atoms with Gasteiger partial charge in [0.25, 0.3) is 0 Å². The maximum atomic E-state index is 14.5. The number of nitrogens with one attached hydrogen (secondary N) is 1. The van der Waals surface area contributed by atoms with Gasteiger partial charge in [-0.15, -0.1) is 0 Å². The molecule has 0 amide bonds. The number of carbonyl (C=O) groups is 1. The first-order chi connectivity index (χ1) is 23.0. The van der Waals surface area contributed by atoms with Gasteiger partial charge in [0.2, 0.25) is 0 Å². The van der Waals surface area contributed by atoms with Gasteiger partial charge >= 0.3 is 23.5 Å². The van der Waals surface area contributed by atoms with E-state index in [-0.39, 0.29) is 66.9 Å². The minimum Gasteiger partial charge on any atom is -0.494 e. The number of nitrogens with zero attached hydrogens (tertiary/aromatic N) is 5. The van der Waals surface area contributed by atoms with Crippen LogP contribution in [0.3, 0.4) is 0 Å². The van der Waals surface area contributed by atoms with Crippen molar-refractivity contribution in [1.29, 1.82) is 0 Å². The van der Waals surface area contributed by atoms with Crippen LogP contribution in [-0.4, -0.2) is 65.7 Å². The van der Waals surface area contributed by atoms with E-state index in [2.05, 4.69) is 29.2 Å². The molecule has 2 unspecified atom stereocenters. The number of hydrogen-bond donors (Lipinski definition) is 2. The molecule has 2 N–H and O–H groups in total. The molecule has 3 heterocycles. The molecule has 1 aliphatic heterocycles. The Kier molecular flexibility index (Phi) is 10.8. The van der Waals surface area contributed by atoms with Crippen LogP contribution in [0.5, 0.6) is 5.75 Å². The van der Waals surface area contributed by atoms with Crippen LogP contribution < -0.4 is 4.74 Å². The van der Waals surface area contributed by atoms with Gasteiger partial charge < -0.3 is 14.5 Å². The first-order valence-corrected chi connectivity index (χ1v) is 15.4. The number of esters is 1. The van der Waals surface area contributed by atoms with Crippen LogP contribution >= 0.6 is 0 Å². The maximum absolute atomic E-state index is 14.5. The van der Waals surface area contributed by atoms with Crippen molar-refractivity contribution in [3.05, 3.63) is 82.9 Å². The number of hydrazone groups is 1. The monoisotopic (exact) mass is 694 g/mol. The Balaban J connectivity index is 1.43. The van der Waals surface area contributed by atoms with E-state index in [0.29, 0.717) is 17.8 Å². The molecule has 0 bridgehead atoms. The van der Waals surface area contributed by atoms with Crippen molar-refractivity contribution in [2.45, 2.75) is 38.5 Å². The summed E-state index contributed by atoms with van der Waals surface area (Å²) in [5, 5.41) is 5.56. The molecule has 0 radical (unpaired) electrons. The highest BCUT2D eigenvalue weighted by Gasteiger charge is 2.36. The topological polar surface area (TPSA) is 152 Å². The largest absolute Gasteiger partial charge is 0.494 e. The summed E-state index contributed by atoms with van der Waals surface area (Å²) in [5.41, 5.74) is -0.665. The molecule has 48 heavy (non-hydrogen) atoms. The van der Waals surface area contributed by atoms with Crippen molar-refractivity contribution in [2.75, 3.05) is 19.8 Å². The van der Waals surface area contributed by atoms with Crippen LogP contribution in [0.4, 0.5) is 22.0 Å². The quantitative estimate of drug-likeness (QED) is 0.0784. The molecule has 0 saturated heterocycles. The third-order valence-corrected chi connectivity index (χ3v) is 7.27. The summed E-state index contributed by atoms with van der Waals surface area (Å²) in [4.78, 5) is 28.9. The maximum Gasteiger partial charge on any atom is 0.417 e. The Morgan fingerprint density at radius 3 is 2.58 bits per heavy atom. The van der Waals surface area contributed by atoms with Crippen molar-refractivity contribution >= 4 is 23.5 Å². The number of imidazole rings is 1. The number of carbonyl (C=O) groups excluding carboxylic acids is 1. The Bertz CT molecular complexity index is 1820. The first-order valence-electron chi connectivity index (χ1n) is 14.4. The van der Waals surface area contributed by atoms with E-state index < -0.39 is 46.7 Å². The number of H-pyrrole nitrogens is 1. The van der Waals surface area contributed by atoms with Crippen LogP contribution in [0, 0.1) is 11.6 Å². The fourth-order valence-corrected chi connectivity index (χ4v) is 4.97. The normalized spacial score (nSPS) is 14.0. The summed E-state index contributed by atoms with van der Waals surface area (Å²) >= 11 is -2.50. The molecule has 0 saturated carbocycles. The molecule has 1 aliphatic rings. The number of hydrogen-bond acceptors (Lipinski definition) is 10. The van der Waals surface area contributed by atoms with Gasteiger partial charge in [-0.3, -0.25) is 13.7 Å². The molecule has 0 spiro atoms. The molecule has 5 rings (SSSR count). The zero-order valence-corrected chi connectivity index (χ0v) is 25.9. The van der Waals surface area contributed by atoms with Crippen molar-refractivity contribution in [3.63, 3.8) is 0 Å². The van der Waals surface area contributed by atoms with Crippen molar-refractivity contribution in [3.8, 4) is 28.5 Å². The molecule has 0 aliphatic carbocycles. The fraction of sp³-hybridized carbons (Fsp3) is 0.300. The fourth-order valence-electron chi connectivity index (χ4n) is 4.71. The second kappa shape index (κ2) is 15.0. The SMILES string of the molecule is CCCOc1ccc(-c2ncc(C(C(=O)OCCCOS(=O)O)N3Cc4[nH]c(-c5cccc(F)c5F)nc4C=N3)cn2)c(C(F)(F)F)c1. The van der Waals surface area contributed by atoms with E-state index in [1.165, 1.54) is 47.9 Å². The molecule has 0 fully saturated rings. The predicted octanol–water partition coefficient (Wildman–Crippen LogP) is 5.60. The Morgan fingerprint density at radius 2 is 1.88 bits per heavy atom. The number of aromatic nitrogens is 4. The van der Waals surface area contributed by atoms with E-state index in [4.69, 9.17) is 14.0 Å². The van der Waals surface area contributed by atoms with E-state index in [1.807, 2.05) is 6.92 Å². The third-order valence-electron chi connectivity index (χ3n) is 6.90. The van der Waals surface area contributed by atoms with Crippen LogP contribution in [-0.2, 0) is 37.8 Å². The molecule has 2 atom stereocenters. The molecule has 12 nitrogen and oxygen atoms in total. The Morgan fingerprint density at radius 1 is 1.10 bits per heavy atom. The van der Waals surface area contributed by atoms with Crippen molar-refractivity contribution < 1.29 is 49.2 Å². The zero-order chi connectivity index (χ0) is 34.4.